The minimum atomic E-state index is -0.176. The molecule has 0 bridgehead atoms. The Morgan fingerprint density at radius 2 is 1.94 bits per heavy atom. The van der Waals surface area contributed by atoms with Crippen LogP contribution in [-0.2, 0) is 16.1 Å². The molecule has 1 rings (SSSR count). The Labute approximate surface area is 96.9 Å². The zero-order chi connectivity index (χ0) is 12.0. The Kier molecular flexibility index (Phi) is 4.77. The molecular formula is C14H18O2. The van der Waals surface area contributed by atoms with E-state index in [9.17, 15) is 4.79 Å². The van der Waals surface area contributed by atoms with Crippen LogP contribution in [0.3, 0.4) is 0 Å². The molecule has 0 radical (unpaired) electrons. The molecule has 16 heavy (non-hydrogen) atoms. The van der Waals surface area contributed by atoms with Crippen LogP contribution < -0.4 is 0 Å². The maximum absolute atomic E-state index is 11.6. The molecule has 0 saturated carbocycles. The molecule has 0 saturated heterocycles. The molecule has 1 aromatic rings. The highest BCUT2D eigenvalue weighted by molar-refractivity contribution is 5.74. The summed E-state index contributed by atoms with van der Waals surface area (Å²) in [5.74, 6) is -0.348. The smallest absolute Gasteiger partial charge is 0.312 e. The third-order valence-electron chi connectivity index (χ3n) is 2.18. The van der Waals surface area contributed by atoms with Crippen LogP contribution >= 0.6 is 0 Å². The topological polar surface area (TPSA) is 26.3 Å². The number of allylic oxidation sites excluding steroid dienone is 1. The SMILES string of the molecule is CC(C)=C[C@@H](C)C(=O)OCc1ccccc1. The van der Waals surface area contributed by atoms with Crippen LogP contribution in [0, 0.1) is 5.92 Å². The van der Waals surface area contributed by atoms with E-state index in [-0.39, 0.29) is 11.9 Å². The summed E-state index contributed by atoms with van der Waals surface area (Å²) in [5.41, 5.74) is 2.14. The monoisotopic (exact) mass is 218 g/mol. The van der Waals surface area contributed by atoms with Crippen molar-refractivity contribution in [3.8, 4) is 0 Å². The lowest BCUT2D eigenvalue weighted by atomic mass is 10.1. The highest BCUT2D eigenvalue weighted by Gasteiger charge is 2.11. The predicted molar refractivity (Wildman–Crippen MR) is 64.8 cm³/mol. The van der Waals surface area contributed by atoms with E-state index < -0.39 is 0 Å². The molecule has 0 aliphatic rings. The highest BCUT2D eigenvalue weighted by Crippen LogP contribution is 2.07. The summed E-state index contributed by atoms with van der Waals surface area (Å²) in [6.45, 7) is 6.14. The number of esters is 1. The van der Waals surface area contributed by atoms with E-state index in [2.05, 4.69) is 0 Å². The van der Waals surface area contributed by atoms with Crippen molar-refractivity contribution in [2.75, 3.05) is 0 Å². The number of ether oxygens (including phenoxy) is 1. The van der Waals surface area contributed by atoms with Crippen molar-refractivity contribution in [1.82, 2.24) is 0 Å². The van der Waals surface area contributed by atoms with Gasteiger partial charge in [0.15, 0.2) is 0 Å². The zero-order valence-electron chi connectivity index (χ0n) is 10.1. The largest absolute Gasteiger partial charge is 0.460 e. The van der Waals surface area contributed by atoms with E-state index >= 15 is 0 Å². The van der Waals surface area contributed by atoms with Crippen molar-refractivity contribution < 1.29 is 9.53 Å². The molecule has 0 N–H and O–H groups in total. The number of carbonyl (C=O) groups excluding carboxylic acids is 1. The molecular weight excluding hydrogens is 200 g/mol. The fraction of sp³-hybridized carbons (Fsp3) is 0.357. The average molecular weight is 218 g/mol. The van der Waals surface area contributed by atoms with Gasteiger partial charge < -0.3 is 4.74 Å². The number of benzene rings is 1. The molecule has 0 amide bonds. The Morgan fingerprint density at radius 3 is 2.50 bits per heavy atom. The first-order valence-electron chi connectivity index (χ1n) is 5.45. The number of hydrogen-bond acceptors (Lipinski definition) is 2. The second kappa shape index (κ2) is 6.11. The van der Waals surface area contributed by atoms with Crippen LogP contribution in [0.2, 0.25) is 0 Å². The van der Waals surface area contributed by atoms with E-state index in [1.54, 1.807) is 0 Å². The van der Waals surface area contributed by atoms with E-state index in [0.717, 1.165) is 11.1 Å². The van der Waals surface area contributed by atoms with Gasteiger partial charge in [-0.15, -0.1) is 0 Å². The minimum Gasteiger partial charge on any atom is -0.460 e. The standard InChI is InChI=1S/C14H18O2/c1-11(2)9-12(3)14(15)16-10-13-7-5-4-6-8-13/h4-9,12H,10H2,1-3H3/t12-/m1/s1. The lowest BCUT2D eigenvalue weighted by molar-refractivity contribution is -0.147. The number of rotatable bonds is 4. The maximum Gasteiger partial charge on any atom is 0.312 e. The van der Waals surface area contributed by atoms with Gasteiger partial charge >= 0.3 is 5.97 Å². The van der Waals surface area contributed by atoms with Crippen LogP contribution in [0.5, 0.6) is 0 Å². The van der Waals surface area contributed by atoms with Gasteiger partial charge in [0.2, 0.25) is 0 Å². The Morgan fingerprint density at radius 1 is 1.31 bits per heavy atom. The van der Waals surface area contributed by atoms with E-state index in [0.29, 0.717) is 6.61 Å². The summed E-state index contributed by atoms with van der Waals surface area (Å²) >= 11 is 0. The highest BCUT2D eigenvalue weighted by atomic mass is 16.5. The molecule has 2 heteroatoms. The second-order valence-corrected chi connectivity index (χ2v) is 4.13. The second-order valence-electron chi connectivity index (χ2n) is 4.13. The van der Waals surface area contributed by atoms with Crippen molar-refractivity contribution in [3.05, 3.63) is 47.5 Å². The molecule has 1 atom stereocenters. The molecule has 0 fully saturated rings. The summed E-state index contributed by atoms with van der Waals surface area (Å²) in [7, 11) is 0. The first-order valence-corrected chi connectivity index (χ1v) is 5.45. The van der Waals surface area contributed by atoms with Crippen molar-refractivity contribution in [1.29, 1.82) is 0 Å². The lowest BCUT2D eigenvalue weighted by Gasteiger charge is -2.08. The van der Waals surface area contributed by atoms with Crippen molar-refractivity contribution >= 4 is 5.97 Å². The van der Waals surface area contributed by atoms with Crippen molar-refractivity contribution in [2.24, 2.45) is 5.92 Å². The number of hydrogen-bond donors (Lipinski definition) is 0. The minimum absolute atomic E-state index is 0.172. The molecule has 86 valence electrons. The summed E-state index contributed by atoms with van der Waals surface area (Å²) in [6.07, 6.45) is 1.91. The average Bonchev–Trinajstić information content (AvgIpc) is 2.26. The third kappa shape index (κ3) is 4.30. The van der Waals surface area contributed by atoms with Gasteiger partial charge in [-0.05, 0) is 26.3 Å². The van der Waals surface area contributed by atoms with Crippen molar-refractivity contribution in [3.63, 3.8) is 0 Å². The summed E-state index contributed by atoms with van der Waals surface area (Å²) in [6, 6.07) is 9.69. The Hall–Kier alpha value is -1.57. The number of carbonyl (C=O) groups is 1. The maximum atomic E-state index is 11.6. The van der Waals surface area contributed by atoms with Gasteiger partial charge in [-0.25, -0.2) is 0 Å². The Balaban J connectivity index is 2.44. The van der Waals surface area contributed by atoms with Gasteiger partial charge in [-0.3, -0.25) is 4.79 Å². The zero-order valence-corrected chi connectivity index (χ0v) is 10.1. The normalized spacial score (nSPS) is 11.7. The lowest BCUT2D eigenvalue weighted by Crippen LogP contribution is -2.12. The van der Waals surface area contributed by atoms with Crippen LogP contribution in [0.4, 0.5) is 0 Å². The molecule has 0 aliphatic heterocycles. The fourth-order valence-corrected chi connectivity index (χ4v) is 1.43. The van der Waals surface area contributed by atoms with E-state index in [1.165, 1.54) is 0 Å². The molecule has 0 aromatic heterocycles. The Bertz CT molecular complexity index is 362. The first kappa shape index (κ1) is 12.5. The molecule has 1 aromatic carbocycles. The van der Waals surface area contributed by atoms with Gasteiger partial charge in [0.25, 0.3) is 0 Å². The quantitative estimate of drug-likeness (QED) is 0.572. The van der Waals surface area contributed by atoms with Crippen molar-refractivity contribution in [2.45, 2.75) is 27.4 Å². The molecule has 0 aliphatic carbocycles. The van der Waals surface area contributed by atoms with Gasteiger partial charge in [0, 0.05) is 0 Å². The van der Waals surface area contributed by atoms with Gasteiger partial charge in [0.1, 0.15) is 6.61 Å². The first-order chi connectivity index (χ1) is 7.59. The van der Waals surface area contributed by atoms with Gasteiger partial charge in [-0.2, -0.15) is 0 Å². The van der Waals surface area contributed by atoms with Gasteiger partial charge in [0.05, 0.1) is 5.92 Å². The van der Waals surface area contributed by atoms with E-state index in [4.69, 9.17) is 4.74 Å². The molecule has 0 heterocycles. The summed E-state index contributed by atoms with van der Waals surface area (Å²) in [5, 5.41) is 0. The van der Waals surface area contributed by atoms with E-state index in [1.807, 2.05) is 57.2 Å². The van der Waals surface area contributed by atoms with Crippen LogP contribution in [0.1, 0.15) is 26.3 Å². The van der Waals surface area contributed by atoms with Crippen LogP contribution in [-0.4, -0.2) is 5.97 Å². The van der Waals surface area contributed by atoms with Crippen LogP contribution in [0.15, 0.2) is 42.0 Å². The molecule has 0 spiro atoms. The van der Waals surface area contributed by atoms with Gasteiger partial charge in [-0.1, -0.05) is 42.0 Å². The fourth-order valence-electron chi connectivity index (χ4n) is 1.43. The predicted octanol–water partition coefficient (Wildman–Crippen LogP) is 3.33. The molecule has 0 unspecified atom stereocenters. The molecule has 2 nitrogen and oxygen atoms in total. The van der Waals surface area contributed by atoms with Crippen LogP contribution in [0.25, 0.3) is 0 Å². The summed E-state index contributed by atoms with van der Waals surface area (Å²) < 4.78 is 5.21. The third-order valence-corrected chi connectivity index (χ3v) is 2.18. The summed E-state index contributed by atoms with van der Waals surface area (Å²) in [4.78, 5) is 11.6.